The van der Waals surface area contributed by atoms with Crippen molar-refractivity contribution >= 4 is 17.7 Å². The minimum Gasteiger partial charge on any atom is -0.495 e. The van der Waals surface area contributed by atoms with E-state index in [4.69, 9.17) is 4.74 Å². The zero-order valence-electron chi connectivity index (χ0n) is 11.7. The number of ether oxygens (including phenoxy) is 1. The van der Waals surface area contributed by atoms with Crippen molar-refractivity contribution in [2.24, 2.45) is 0 Å². The third-order valence-corrected chi connectivity index (χ3v) is 3.58. The van der Waals surface area contributed by atoms with Crippen LogP contribution >= 0.6 is 11.8 Å². The van der Waals surface area contributed by atoms with Crippen molar-refractivity contribution in [2.45, 2.75) is 5.16 Å². The lowest BCUT2D eigenvalue weighted by Gasteiger charge is -2.10. The van der Waals surface area contributed by atoms with Crippen molar-refractivity contribution in [3.8, 4) is 11.4 Å². The number of aromatic nitrogens is 3. The lowest BCUT2D eigenvalue weighted by molar-refractivity contribution is -0.118. The molecular formula is C14H16N4O2S. The first-order chi connectivity index (χ1) is 10.3. The van der Waals surface area contributed by atoms with Crippen LogP contribution in [0.3, 0.4) is 0 Å². The van der Waals surface area contributed by atoms with Gasteiger partial charge in [0.05, 0.1) is 18.6 Å². The number of carbonyl (C=O) groups is 1. The molecule has 2 aromatic rings. The summed E-state index contributed by atoms with van der Waals surface area (Å²) in [7, 11) is 1.61. The first-order valence-corrected chi connectivity index (χ1v) is 7.28. The minimum absolute atomic E-state index is 0.0746. The Balaban J connectivity index is 2.12. The van der Waals surface area contributed by atoms with Gasteiger partial charge in [0.25, 0.3) is 0 Å². The number of hydrogen-bond acceptors (Lipinski definition) is 5. The Morgan fingerprint density at radius 3 is 3.10 bits per heavy atom. The fourth-order valence-corrected chi connectivity index (χ4v) is 2.44. The molecule has 1 amide bonds. The Morgan fingerprint density at radius 1 is 1.52 bits per heavy atom. The Morgan fingerprint density at radius 2 is 2.33 bits per heavy atom. The number of nitrogens with zero attached hydrogens (tertiary/aromatic N) is 3. The van der Waals surface area contributed by atoms with E-state index in [1.54, 1.807) is 24.1 Å². The molecule has 0 saturated heterocycles. The van der Waals surface area contributed by atoms with Crippen molar-refractivity contribution < 1.29 is 9.53 Å². The number of hydrogen-bond donors (Lipinski definition) is 1. The second-order valence-electron chi connectivity index (χ2n) is 4.04. The summed E-state index contributed by atoms with van der Waals surface area (Å²) in [6, 6.07) is 7.57. The lowest BCUT2D eigenvalue weighted by atomic mass is 10.3. The van der Waals surface area contributed by atoms with E-state index < -0.39 is 0 Å². The van der Waals surface area contributed by atoms with E-state index in [1.165, 1.54) is 11.8 Å². The van der Waals surface area contributed by atoms with Gasteiger partial charge in [0, 0.05) is 6.54 Å². The van der Waals surface area contributed by atoms with Crippen LogP contribution in [0.15, 0.2) is 48.4 Å². The zero-order valence-corrected chi connectivity index (χ0v) is 12.5. The molecule has 0 bridgehead atoms. The highest BCUT2D eigenvalue weighted by molar-refractivity contribution is 7.99. The van der Waals surface area contributed by atoms with Crippen molar-refractivity contribution in [3.05, 3.63) is 43.2 Å². The standard InChI is InChI=1S/C14H16N4O2S/c1-3-8-15-13(19)9-21-14-17-16-10-18(14)11-6-4-5-7-12(11)20-2/h3-7,10H,1,8-9H2,2H3,(H,15,19). The number of carbonyl (C=O) groups excluding carboxylic acids is 1. The maximum absolute atomic E-state index is 11.6. The fourth-order valence-electron chi connectivity index (χ4n) is 1.68. The monoisotopic (exact) mass is 304 g/mol. The van der Waals surface area contributed by atoms with Crippen molar-refractivity contribution in [2.75, 3.05) is 19.4 Å². The smallest absolute Gasteiger partial charge is 0.230 e. The Bertz CT molecular complexity index is 627. The topological polar surface area (TPSA) is 69.0 Å². The van der Waals surface area contributed by atoms with Crippen molar-refractivity contribution in [1.82, 2.24) is 20.1 Å². The van der Waals surface area contributed by atoms with Crippen LogP contribution in [0.25, 0.3) is 5.69 Å². The van der Waals surface area contributed by atoms with Gasteiger partial charge in [-0.05, 0) is 12.1 Å². The van der Waals surface area contributed by atoms with E-state index in [0.29, 0.717) is 11.7 Å². The van der Waals surface area contributed by atoms with Crippen LogP contribution in [-0.2, 0) is 4.79 Å². The highest BCUT2D eigenvalue weighted by Gasteiger charge is 2.12. The number of methoxy groups -OCH3 is 1. The Labute approximate surface area is 127 Å². The molecule has 0 aliphatic heterocycles. The van der Waals surface area contributed by atoms with Gasteiger partial charge < -0.3 is 10.1 Å². The quantitative estimate of drug-likeness (QED) is 0.622. The summed E-state index contributed by atoms with van der Waals surface area (Å²) in [6.07, 6.45) is 3.24. The molecule has 0 unspecified atom stereocenters. The van der Waals surface area contributed by atoms with Gasteiger partial charge in [-0.2, -0.15) is 0 Å². The normalized spacial score (nSPS) is 10.1. The second-order valence-corrected chi connectivity index (χ2v) is 4.98. The maximum atomic E-state index is 11.6. The molecule has 0 aliphatic carbocycles. The van der Waals surface area contributed by atoms with Crippen molar-refractivity contribution in [3.63, 3.8) is 0 Å². The molecule has 0 aliphatic rings. The molecule has 1 heterocycles. The number of amides is 1. The lowest BCUT2D eigenvalue weighted by Crippen LogP contribution is -2.25. The Kier molecular flexibility index (Phi) is 5.39. The van der Waals surface area contributed by atoms with Crippen LogP contribution in [0.4, 0.5) is 0 Å². The van der Waals surface area contributed by atoms with Crippen LogP contribution in [-0.4, -0.2) is 40.1 Å². The van der Waals surface area contributed by atoms with E-state index in [-0.39, 0.29) is 11.7 Å². The summed E-state index contributed by atoms with van der Waals surface area (Å²) in [4.78, 5) is 11.6. The number of nitrogens with one attached hydrogen (secondary N) is 1. The van der Waals surface area contributed by atoms with Gasteiger partial charge in [-0.25, -0.2) is 0 Å². The van der Waals surface area contributed by atoms with E-state index in [9.17, 15) is 4.79 Å². The van der Waals surface area contributed by atoms with Gasteiger partial charge in [-0.1, -0.05) is 30.0 Å². The van der Waals surface area contributed by atoms with Crippen LogP contribution in [0, 0.1) is 0 Å². The summed E-state index contributed by atoms with van der Waals surface area (Å²) in [5, 5.41) is 11.3. The molecule has 2 rings (SSSR count). The van der Waals surface area contributed by atoms with Gasteiger partial charge in [0.1, 0.15) is 12.1 Å². The maximum Gasteiger partial charge on any atom is 0.230 e. The molecule has 21 heavy (non-hydrogen) atoms. The van der Waals surface area contributed by atoms with Gasteiger partial charge in [0.15, 0.2) is 5.16 Å². The van der Waals surface area contributed by atoms with Gasteiger partial charge in [-0.3, -0.25) is 9.36 Å². The molecule has 1 aromatic heterocycles. The molecule has 7 heteroatoms. The molecule has 0 radical (unpaired) electrons. The third kappa shape index (κ3) is 3.85. The van der Waals surface area contributed by atoms with Gasteiger partial charge in [0.2, 0.25) is 5.91 Å². The largest absolute Gasteiger partial charge is 0.495 e. The highest BCUT2D eigenvalue weighted by Crippen LogP contribution is 2.26. The average molecular weight is 304 g/mol. The van der Waals surface area contributed by atoms with Crippen LogP contribution in [0.1, 0.15) is 0 Å². The molecule has 6 nitrogen and oxygen atoms in total. The first-order valence-electron chi connectivity index (χ1n) is 6.30. The predicted octanol–water partition coefficient (Wildman–Crippen LogP) is 1.67. The molecule has 1 N–H and O–H groups in total. The first kappa shape index (κ1) is 15.1. The van der Waals surface area contributed by atoms with E-state index in [0.717, 1.165) is 11.4 Å². The number of benzene rings is 1. The SMILES string of the molecule is C=CCNC(=O)CSc1nncn1-c1ccccc1OC. The molecule has 0 fully saturated rings. The molecular weight excluding hydrogens is 288 g/mol. The number of thioether (sulfide) groups is 1. The predicted molar refractivity (Wildman–Crippen MR) is 81.8 cm³/mol. The van der Waals surface area contributed by atoms with Gasteiger partial charge in [-0.15, -0.1) is 16.8 Å². The van der Waals surface area contributed by atoms with E-state index in [1.807, 2.05) is 24.3 Å². The number of para-hydroxylation sites is 2. The summed E-state index contributed by atoms with van der Waals surface area (Å²) in [6.45, 7) is 4.01. The van der Waals surface area contributed by atoms with Crippen LogP contribution in [0.5, 0.6) is 5.75 Å². The minimum atomic E-state index is -0.0746. The number of rotatable bonds is 7. The molecule has 110 valence electrons. The summed E-state index contributed by atoms with van der Waals surface area (Å²) < 4.78 is 7.12. The van der Waals surface area contributed by atoms with Crippen LogP contribution < -0.4 is 10.1 Å². The van der Waals surface area contributed by atoms with Gasteiger partial charge >= 0.3 is 0 Å². The summed E-state index contributed by atoms with van der Waals surface area (Å²) in [5.41, 5.74) is 0.832. The van der Waals surface area contributed by atoms with E-state index in [2.05, 4.69) is 22.1 Å². The molecule has 0 atom stereocenters. The highest BCUT2D eigenvalue weighted by atomic mass is 32.2. The summed E-state index contributed by atoms with van der Waals surface area (Å²) in [5.74, 6) is 0.909. The van der Waals surface area contributed by atoms with E-state index >= 15 is 0 Å². The zero-order chi connectivity index (χ0) is 15.1. The molecule has 0 spiro atoms. The average Bonchev–Trinajstić information content (AvgIpc) is 2.99. The third-order valence-electron chi connectivity index (χ3n) is 2.64. The fraction of sp³-hybridized carbons (Fsp3) is 0.214. The summed E-state index contributed by atoms with van der Waals surface area (Å²) >= 11 is 1.31. The van der Waals surface area contributed by atoms with Crippen LogP contribution in [0.2, 0.25) is 0 Å². The van der Waals surface area contributed by atoms with Crippen molar-refractivity contribution in [1.29, 1.82) is 0 Å². The Hall–Kier alpha value is -2.28. The second kappa shape index (κ2) is 7.49. The molecule has 1 aromatic carbocycles. The molecule has 0 saturated carbocycles.